The van der Waals surface area contributed by atoms with Gasteiger partial charge < -0.3 is 5.32 Å². The number of rotatable bonds is 5. The summed E-state index contributed by atoms with van der Waals surface area (Å²) in [7, 11) is 0. The van der Waals surface area contributed by atoms with Gasteiger partial charge in [-0.1, -0.05) is 52.7 Å². The van der Waals surface area contributed by atoms with E-state index in [0.717, 1.165) is 33.1 Å². The Morgan fingerprint density at radius 2 is 2.16 bits per heavy atom. The van der Waals surface area contributed by atoms with Crippen molar-refractivity contribution in [1.82, 2.24) is 15.5 Å². The molecule has 0 bridgehead atoms. The lowest BCUT2D eigenvalue weighted by molar-refractivity contribution is 0.550. The predicted octanol–water partition coefficient (Wildman–Crippen LogP) is 4.37. The Balaban J connectivity index is 2.10. The standard InChI is InChI=1S/C13H15BrClN3S/c1-8(2)6-16-7-12-17-18-13(19-12)10-5-9(15)3-4-11(10)14/h3-5,8,16H,6-7H2,1-2H3. The Morgan fingerprint density at radius 3 is 2.89 bits per heavy atom. The molecule has 102 valence electrons. The van der Waals surface area contributed by atoms with Crippen LogP contribution in [-0.4, -0.2) is 16.7 Å². The number of hydrogen-bond donors (Lipinski definition) is 1. The van der Waals surface area contributed by atoms with Gasteiger partial charge in [0.05, 0.1) is 0 Å². The van der Waals surface area contributed by atoms with Gasteiger partial charge in [-0.2, -0.15) is 0 Å². The fraction of sp³-hybridized carbons (Fsp3) is 0.385. The monoisotopic (exact) mass is 359 g/mol. The Labute approximate surface area is 130 Å². The summed E-state index contributed by atoms with van der Waals surface area (Å²) in [6.45, 7) is 6.10. The average molecular weight is 361 g/mol. The first-order valence-corrected chi connectivity index (χ1v) is 8.03. The molecule has 0 radical (unpaired) electrons. The summed E-state index contributed by atoms with van der Waals surface area (Å²) < 4.78 is 0.981. The third kappa shape index (κ3) is 4.24. The van der Waals surface area contributed by atoms with Crippen molar-refractivity contribution in [1.29, 1.82) is 0 Å². The van der Waals surface area contributed by atoms with Crippen LogP contribution < -0.4 is 5.32 Å². The largest absolute Gasteiger partial charge is 0.310 e. The van der Waals surface area contributed by atoms with Crippen LogP contribution in [0.5, 0.6) is 0 Å². The van der Waals surface area contributed by atoms with E-state index < -0.39 is 0 Å². The summed E-state index contributed by atoms with van der Waals surface area (Å²) in [6, 6.07) is 5.68. The molecular weight excluding hydrogens is 346 g/mol. The molecule has 6 heteroatoms. The van der Waals surface area contributed by atoms with Crippen LogP contribution in [0.15, 0.2) is 22.7 Å². The zero-order valence-electron chi connectivity index (χ0n) is 10.8. The van der Waals surface area contributed by atoms with Gasteiger partial charge in [0, 0.05) is 21.6 Å². The molecule has 2 rings (SSSR count). The predicted molar refractivity (Wildman–Crippen MR) is 84.6 cm³/mol. The lowest BCUT2D eigenvalue weighted by Crippen LogP contribution is -2.18. The third-order valence-electron chi connectivity index (χ3n) is 2.45. The highest BCUT2D eigenvalue weighted by molar-refractivity contribution is 9.10. The van der Waals surface area contributed by atoms with E-state index in [1.165, 1.54) is 0 Å². The highest BCUT2D eigenvalue weighted by atomic mass is 79.9. The highest BCUT2D eigenvalue weighted by Gasteiger charge is 2.10. The number of halogens is 2. The second-order valence-electron chi connectivity index (χ2n) is 4.65. The molecule has 0 unspecified atom stereocenters. The topological polar surface area (TPSA) is 37.8 Å². The van der Waals surface area contributed by atoms with Crippen molar-refractivity contribution < 1.29 is 0 Å². The van der Waals surface area contributed by atoms with E-state index in [1.54, 1.807) is 11.3 Å². The maximum Gasteiger partial charge on any atom is 0.149 e. The second-order valence-corrected chi connectivity index (χ2v) is 7.00. The number of nitrogens with zero attached hydrogens (tertiary/aromatic N) is 2. The maximum atomic E-state index is 6.02. The first-order chi connectivity index (χ1) is 9.06. The minimum absolute atomic E-state index is 0.634. The van der Waals surface area contributed by atoms with Crippen LogP contribution in [0.1, 0.15) is 18.9 Å². The van der Waals surface area contributed by atoms with Crippen LogP contribution in [-0.2, 0) is 6.54 Å². The molecule has 0 atom stereocenters. The molecular formula is C13H15BrClN3S. The van der Waals surface area contributed by atoms with Crippen LogP contribution >= 0.6 is 38.9 Å². The molecule has 0 aliphatic carbocycles. The summed E-state index contributed by atoms with van der Waals surface area (Å²) in [4.78, 5) is 0. The van der Waals surface area contributed by atoms with Crippen molar-refractivity contribution in [2.45, 2.75) is 20.4 Å². The summed E-state index contributed by atoms with van der Waals surface area (Å²) in [5.74, 6) is 0.634. The molecule has 1 N–H and O–H groups in total. The number of hydrogen-bond acceptors (Lipinski definition) is 4. The van der Waals surface area contributed by atoms with Gasteiger partial charge >= 0.3 is 0 Å². The van der Waals surface area contributed by atoms with Gasteiger partial charge in [-0.3, -0.25) is 0 Å². The van der Waals surface area contributed by atoms with Gasteiger partial charge in [-0.25, -0.2) is 0 Å². The van der Waals surface area contributed by atoms with E-state index in [1.807, 2.05) is 18.2 Å². The van der Waals surface area contributed by atoms with Crippen molar-refractivity contribution in [3.63, 3.8) is 0 Å². The molecule has 1 aromatic carbocycles. The molecule has 2 aromatic rings. The first-order valence-electron chi connectivity index (χ1n) is 6.05. The molecule has 3 nitrogen and oxygen atoms in total. The normalized spacial score (nSPS) is 11.2. The van der Waals surface area contributed by atoms with Crippen molar-refractivity contribution in [2.75, 3.05) is 6.54 Å². The van der Waals surface area contributed by atoms with Gasteiger partial charge in [-0.05, 0) is 30.7 Å². The number of aromatic nitrogens is 2. The fourth-order valence-electron chi connectivity index (χ4n) is 1.56. The molecule has 1 aromatic heterocycles. The van der Waals surface area contributed by atoms with Crippen molar-refractivity contribution in [3.05, 3.63) is 32.7 Å². The maximum absolute atomic E-state index is 6.02. The SMILES string of the molecule is CC(C)CNCc1nnc(-c2cc(Cl)ccc2Br)s1. The van der Waals surface area contributed by atoms with Crippen LogP contribution in [0, 0.1) is 5.92 Å². The molecule has 0 saturated carbocycles. The summed E-state index contributed by atoms with van der Waals surface area (Å²) in [6.07, 6.45) is 0. The van der Waals surface area contributed by atoms with E-state index in [-0.39, 0.29) is 0 Å². The fourth-order valence-corrected chi connectivity index (χ4v) is 3.14. The van der Waals surface area contributed by atoms with Gasteiger partial charge in [0.1, 0.15) is 10.0 Å². The van der Waals surface area contributed by atoms with Crippen LogP contribution in [0.3, 0.4) is 0 Å². The summed E-state index contributed by atoms with van der Waals surface area (Å²) >= 11 is 11.1. The van der Waals surface area contributed by atoms with Crippen molar-refractivity contribution in [2.24, 2.45) is 5.92 Å². The Hall–Kier alpha value is -0.490. The zero-order chi connectivity index (χ0) is 13.8. The smallest absolute Gasteiger partial charge is 0.149 e. The Kier molecular flexibility index (Phi) is 5.33. The summed E-state index contributed by atoms with van der Waals surface area (Å²) in [5.41, 5.74) is 0.986. The van der Waals surface area contributed by atoms with Crippen molar-refractivity contribution >= 4 is 38.9 Å². The van der Waals surface area contributed by atoms with Gasteiger partial charge in [0.25, 0.3) is 0 Å². The number of benzene rings is 1. The van der Waals surface area contributed by atoms with Gasteiger partial charge in [0.15, 0.2) is 0 Å². The zero-order valence-corrected chi connectivity index (χ0v) is 13.9. The van der Waals surface area contributed by atoms with Crippen LogP contribution in [0.2, 0.25) is 5.02 Å². The Morgan fingerprint density at radius 1 is 1.37 bits per heavy atom. The minimum atomic E-state index is 0.634. The molecule has 0 aliphatic heterocycles. The second kappa shape index (κ2) is 6.79. The highest BCUT2D eigenvalue weighted by Crippen LogP contribution is 2.32. The molecule has 19 heavy (non-hydrogen) atoms. The molecule has 0 aliphatic rings. The Bertz CT molecular complexity index is 557. The lowest BCUT2D eigenvalue weighted by atomic mass is 10.2. The minimum Gasteiger partial charge on any atom is -0.310 e. The molecule has 0 amide bonds. The molecule has 0 saturated heterocycles. The van der Waals surface area contributed by atoms with Gasteiger partial charge in [0.2, 0.25) is 0 Å². The van der Waals surface area contributed by atoms with Gasteiger partial charge in [-0.15, -0.1) is 10.2 Å². The van der Waals surface area contributed by atoms with E-state index in [4.69, 9.17) is 11.6 Å². The quantitative estimate of drug-likeness (QED) is 0.860. The average Bonchev–Trinajstić information content (AvgIpc) is 2.80. The van der Waals surface area contributed by atoms with Crippen LogP contribution in [0.25, 0.3) is 10.6 Å². The van der Waals surface area contributed by atoms with E-state index >= 15 is 0 Å². The van der Waals surface area contributed by atoms with Crippen LogP contribution in [0.4, 0.5) is 0 Å². The molecule has 1 heterocycles. The summed E-state index contributed by atoms with van der Waals surface area (Å²) in [5, 5.41) is 14.4. The first kappa shape index (κ1) is 14.9. The number of nitrogens with one attached hydrogen (secondary N) is 1. The third-order valence-corrected chi connectivity index (χ3v) is 4.34. The van der Waals surface area contributed by atoms with E-state index in [2.05, 4.69) is 45.3 Å². The van der Waals surface area contributed by atoms with Crippen molar-refractivity contribution in [3.8, 4) is 10.6 Å². The molecule has 0 fully saturated rings. The molecule has 0 spiro atoms. The van der Waals surface area contributed by atoms with E-state index in [9.17, 15) is 0 Å². The lowest BCUT2D eigenvalue weighted by Gasteiger charge is -2.04. The van der Waals surface area contributed by atoms with E-state index in [0.29, 0.717) is 10.9 Å².